The molecule has 0 saturated carbocycles. The van der Waals surface area contributed by atoms with Crippen molar-refractivity contribution in [3.05, 3.63) is 0 Å². The Morgan fingerprint density at radius 3 is 1.42 bits per heavy atom. The molecule has 0 amide bonds. The molecule has 0 aromatic carbocycles. The Labute approximate surface area is 149 Å². The maximum atomic E-state index is 9.77. The molecule has 0 fully saturated rings. The average Bonchev–Trinajstić information content (AvgIpc) is 2.60. The molecule has 0 bridgehead atoms. The molecule has 0 heterocycles. The number of aliphatic hydroxyl groups is 3. The Kier molecular flexibility index (Phi) is 17.5. The topological polar surface area (TPSA) is 86.7 Å². The lowest BCUT2D eigenvalue weighted by atomic mass is 10.00. The van der Waals surface area contributed by atoms with Gasteiger partial charge in [0.15, 0.2) is 0 Å². The van der Waals surface area contributed by atoms with Crippen molar-refractivity contribution in [2.45, 2.75) is 121 Å². The lowest BCUT2D eigenvalue weighted by molar-refractivity contribution is -0.0121. The zero-order valence-corrected chi connectivity index (χ0v) is 16.0. The first-order valence-corrected chi connectivity index (χ1v) is 10.4. The summed E-state index contributed by atoms with van der Waals surface area (Å²) in [6, 6.07) is -0.744. The summed E-state index contributed by atoms with van der Waals surface area (Å²) in [4.78, 5) is 0. The van der Waals surface area contributed by atoms with Crippen molar-refractivity contribution in [1.82, 2.24) is 0 Å². The molecule has 5 N–H and O–H groups in total. The van der Waals surface area contributed by atoms with Crippen molar-refractivity contribution in [1.29, 1.82) is 0 Å². The van der Waals surface area contributed by atoms with Crippen LogP contribution in [-0.2, 0) is 0 Å². The second kappa shape index (κ2) is 17.7. The second-order valence-corrected chi connectivity index (χ2v) is 7.29. The van der Waals surface area contributed by atoms with Crippen LogP contribution in [0.25, 0.3) is 0 Å². The van der Waals surface area contributed by atoms with Gasteiger partial charge in [0.05, 0.1) is 24.9 Å². The third kappa shape index (κ3) is 14.2. The van der Waals surface area contributed by atoms with E-state index in [1.54, 1.807) is 0 Å². The predicted molar refractivity (Wildman–Crippen MR) is 102 cm³/mol. The third-order valence-corrected chi connectivity index (χ3v) is 4.90. The minimum atomic E-state index is -1.02. The van der Waals surface area contributed by atoms with Gasteiger partial charge >= 0.3 is 0 Å². The van der Waals surface area contributed by atoms with E-state index in [0.29, 0.717) is 6.42 Å². The minimum Gasteiger partial charge on any atom is -0.395 e. The van der Waals surface area contributed by atoms with E-state index in [-0.39, 0.29) is 6.61 Å². The highest BCUT2D eigenvalue weighted by molar-refractivity contribution is 4.77. The Morgan fingerprint density at radius 1 is 0.667 bits per heavy atom. The lowest BCUT2D eigenvalue weighted by Gasteiger charge is -2.22. The van der Waals surface area contributed by atoms with Crippen LogP contribution in [-0.4, -0.2) is 40.2 Å². The van der Waals surface area contributed by atoms with Gasteiger partial charge in [-0.2, -0.15) is 0 Å². The molecular weight excluding hydrogens is 302 g/mol. The molecule has 3 atom stereocenters. The number of hydrogen-bond acceptors (Lipinski definition) is 4. The second-order valence-electron chi connectivity index (χ2n) is 7.29. The molecule has 24 heavy (non-hydrogen) atoms. The van der Waals surface area contributed by atoms with E-state index < -0.39 is 18.2 Å². The molecule has 0 aliphatic rings. The number of nitrogens with two attached hydrogens (primary N) is 1. The van der Waals surface area contributed by atoms with Crippen LogP contribution in [0.4, 0.5) is 0 Å². The molecule has 0 aliphatic carbocycles. The molecule has 0 unspecified atom stereocenters. The predicted octanol–water partition coefficient (Wildman–Crippen LogP) is 3.90. The summed E-state index contributed by atoms with van der Waals surface area (Å²) < 4.78 is 0. The van der Waals surface area contributed by atoms with Crippen LogP contribution >= 0.6 is 0 Å². The van der Waals surface area contributed by atoms with Gasteiger partial charge < -0.3 is 21.1 Å². The van der Waals surface area contributed by atoms with Crippen LogP contribution < -0.4 is 5.73 Å². The van der Waals surface area contributed by atoms with E-state index in [9.17, 15) is 10.2 Å². The largest absolute Gasteiger partial charge is 0.395 e. The van der Waals surface area contributed by atoms with Gasteiger partial charge in [0, 0.05) is 0 Å². The van der Waals surface area contributed by atoms with E-state index in [1.807, 2.05) is 0 Å². The van der Waals surface area contributed by atoms with Crippen LogP contribution in [0, 0.1) is 0 Å². The summed E-state index contributed by atoms with van der Waals surface area (Å²) in [6.45, 7) is 1.97. The maximum Gasteiger partial charge on any atom is 0.0971 e. The van der Waals surface area contributed by atoms with Gasteiger partial charge in [-0.25, -0.2) is 0 Å². The molecule has 0 rings (SSSR count). The molecule has 146 valence electrons. The zero-order valence-electron chi connectivity index (χ0n) is 16.0. The van der Waals surface area contributed by atoms with Crippen LogP contribution in [0.15, 0.2) is 0 Å². The first-order chi connectivity index (χ1) is 11.6. The van der Waals surface area contributed by atoms with Gasteiger partial charge in [-0.05, 0) is 6.42 Å². The Balaban J connectivity index is 3.23. The smallest absolute Gasteiger partial charge is 0.0971 e. The van der Waals surface area contributed by atoms with Crippen LogP contribution in [0.2, 0.25) is 0 Å². The number of hydrogen-bond donors (Lipinski definition) is 4. The van der Waals surface area contributed by atoms with Crippen LogP contribution in [0.1, 0.15) is 103 Å². The molecule has 0 aliphatic heterocycles. The van der Waals surface area contributed by atoms with Crippen molar-refractivity contribution in [3.63, 3.8) is 0 Å². The summed E-state index contributed by atoms with van der Waals surface area (Å²) in [5.41, 5.74) is 5.51. The van der Waals surface area contributed by atoms with Crippen molar-refractivity contribution < 1.29 is 15.3 Å². The summed E-state index contributed by atoms with van der Waals surface area (Å²) in [5, 5.41) is 28.3. The standard InChI is InChI=1S/C20H43NO3/c1-2-3-4-5-6-7-8-9-10-11-12-13-14-15-16-19(23)20(24)18(21)17-22/h18-20,22-24H,2-17,21H2,1H3/t18-,19+,20-/m0/s1. The fourth-order valence-electron chi connectivity index (χ4n) is 3.11. The van der Waals surface area contributed by atoms with Crippen LogP contribution in [0.5, 0.6) is 0 Å². The Hall–Kier alpha value is -0.160. The first-order valence-electron chi connectivity index (χ1n) is 10.4. The SMILES string of the molecule is CCCCCCCCCCCCCCCC[C@@H](O)[C@@H](O)[C@@H](N)CO. The van der Waals surface area contributed by atoms with Crippen molar-refractivity contribution >= 4 is 0 Å². The summed E-state index contributed by atoms with van der Waals surface area (Å²) in [6.07, 6.45) is 17.0. The quantitative estimate of drug-likeness (QED) is 0.284. The van der Waals surface area contributed by atoms with Gasteiger partial charge in [-0.15, -0.1) is 0 Å². The van der Waals surface area contributed by atoms with Gasteiger partial charge in [0.2, 0.25) is 0 Å². The highest BCUT2D eigenvalue weighted by Crippen LogP contribution is 2.14. The van der Waals surface area contributed by atoms with E-state index in [2.05, 4.69) is 6.92 Å². The third-order valence-electron chi connectivity index (χ3n) is 4.90. The highest BCUT2D eigenvalue weighted by Gasteiger charge is 2.22. The summed E-state index contributed by atoms with van der Waals surface area (Å²) >= 11 is 0. The lowest BCUT2D eigenvalue weighted by Crippen LogP contribution is -2.45. The molecule has 4 heteroatoms. The molecule has 0 spiro atoms. The monoisotopic (exact) mass is 345 g/mol. The van der Waals surface area contributed by atoms with Crippen molar-refractivity contribution in [2.24, 2.45) is 5.73 Å². The molecule has 0 aromatic rings. The van der Waals surface area contributed by atoms with Gasteiger partial charge in [0.25, 0.3) is 0 Å². The fourth-order valence-corrected chi connectivity index (χ4v) is 3.11. The average molecular weight is 346 g/mol. The number of unbranched alkanes of at least 4 members (excludes halogenated alkanes) is 13. The highest BCUT2D eigenvalue weighted by atomic mass is 16.3. The number of aliphatic hydroxyl groups excluding tert-OH is 3. The minimum absolute atomic E-state index is 0.295. The Morgan fingerprint density at radius 2 is 1.04 bits per heavy atom. The zero-order chi connectivity index (χ0) is 18.0. The van der Waals surface area contributed by atoms with E-state index >= 15 is 0 Å². The maximum absolute atomic E-state index is 9.77. The molecule has 0 radical (unpaired) electrons. The van der Waals surface area contributed by atoms with E-state index in [0.717, 1.165) is 12.8 Å². The van der Waals surface area contributed by atoms with Gasteiger partial charge in [-0.3, -0.25) is 0 Å². The molecule has 0 saturated heterocycles. The van der Waals surface area contributed by atoms with Gasteiger partial charge in [0.1, 0.15) is 0 Å². The normalized spacial score (nSPS) is 15.4. The van der Waals surface area contributed by atoms with E-state index in [1.165, 1.54) is 77.0 Å². The van der Waals surface area contributed by atoms with Gasteiger partial charge in [-0.1, -0.05) is 96.8 Å². The number of rotatable bonds is 18. The summed E-state index contributed by atoms with van der Waals surface area (Å²) in [5.74, 6) is 0. The molecule has 0 aromatic heterocycles. The van der Waals surface area contributed by atoms with Crippen molar-refractivity contribution in [2.75, 3.05) is 6.61 Å². The first kappa shape index (κ1) is 23.8. The van der Waals surface area contributed by atoms with E-state index in [4.69, 9.17) is 10.8 Å². The van der Waals surface area contributed by atoms with Crippen LogP contribution in [0.3, 0.4) is 0 Å². The summed E-state index contributed by atoms with van der Waals surface area (Å²) in [7, 11) is 0. The van der Waals surface area contributed by atoms with Crippen molar-refractivity contribution in [3.8, 4) is 0 Å². The Bertz CT molecular complexity index is 251. The molecule has 4 nitrogen and oxygen atoms in total. The fraction of sp³-hybridized carbons (Fsp3) is 1.00. The molecular formula is C20H43NO3.